The number of carbonyl (C=O) groups is 1. The number of ether oxygens (including phenoxy) is 1. The van der Waals surface area contributed by atoms with Gasteiger partial charge >= 0.3 is 12.6 Å². The highest BCUT2D eigenvalue weighted by atomic mass is 19.3. The predicted molar refractivity (Wildman–Crippen MR) is 86.9 cm³/mol. The Morgan fingerprint density at radius 2 is 1.71 bits per heavy atom. The number of nitrogens with one attached hydrogen (secondary N) is 1. The molecule has 5 nitrogen and oxygen atoms in total. The van der Waals surface area contributed by atoms with Crippen molar-refractivity contribution >= 4 is 17.4 Å². The summed E-state index contributed by atoms with van der Waals surface area (Å²) in [6, 6.07) is 12.4. The molecule has 0 aliphatic rings. The summed E-state index contributed by atoms with van der Waals surface area (Å²) in [5.41, 5.74) is 5.18. The number of alkyl halides is 2. The molecule has 0 heterocycles. The second kappa shape index (κ2) is 8.05. The molecule has 0 saturated heterocycles. The first-order valence-electron chi connectivity index (χ1n) is 7.20. The molecule has 0 fully saturated rings. The largest absolute Gasteiger partial charge is 0.478 e. The summed E-state index contributed by atoms with van der Waals surface area (Å²) in [4.78, 5) is 10.8. The van der Waals surface area contributed by atoms with Gasteiger partial charge in [-0.1, -0.05) is 6.92 Å². The fraction of sp³-hybridized carbons (Fsp3) is 0.176. The number of hydrogen-bond donors (Lipinski definition) is 2. The highest BCUT2D eigenvalue weighted by Crippen LogP contribution is 2.17. The first kappa shape index (κ1) is 17.4. The van der Waals surface area contributed by atoms with Gasteiger partial charge in [0.05, 0.1) is 17.0 Å². The number of carboxylic acid groups (broad SMARTS) is 1. The van der Waals surface area contributed by atoms with E-state index in [-0.39, 0.29) is 11.3 Å². The molecule has 0 aliphatic carbocycles. The minimum absolute atomic E-state index is 0.0846. The molecule has 0 atom stereocenters. The van der Waals surface area contributed by atoms with Crippen molar-refractivity contribution in [1.29, 1.82) is 0 Å². The molecule has 0 aromatic heterocycles. The minimum Gasteiger partial charge on any atom is -0.478 e. The van der Waals surface area contributed by atoms with E-state index in [1.807, 2.05) is 6.92 Å². The maximum Gasteiger partial charge on any atom is 0.387 e. The Bertz CT molecular complexity index is 714. The van der Waals surface area contributed by atoms with Crippen LogP contribution in [-0.4, -0.2) is 23.4 Å². The fourth-order valence-corrected chi connectivity index (χ4v) is 2.00. The van der Waals surface area contributed by atoms with E-state index in [2.05, 4.69) is 15.3 Å². The quantitative estimate of drug-likeness (QED) is 0.588. The number of carboxylic acids is 1. The Balaban J connectivity index is 2.09. The average molecular weight is 334 g/mol. The topological polar surface area (TPSA) is 70.9 Å². The maximum atomic E-state index is 12.1. The van der Waals surface area contributed by atoms with Crippen molar-refractivity contribution in [2.75, 3.05) is 5.43 Å². The van der Waals surface area contributed by atoms with Crippen LogP contribution in [0, 0.1) is 0 Å². The lowest BCUT2D eigenvalue weighted by molar-refractivity contribution is -0.0498. The van der Waals surface area contributed by atoms with Crippen molar-refractivity contribution in [2.45, 2.75) is 20.0 Å². The van der Waals surface area contributed by atoms with Crippen molar-refractivity contribution in [3.63, 3.8) is 0 Å². The van der Waals surface area contributed by atoms with Gasteiger partial charge in [0.25, 0.3) is 0 Å². The lowest BCUT2D eigenvalue weighted by Gasteiger charge is -2.08. The number of rotatable bonds is 7. The summed E-state index contributed by atoms with van der Waals surface area (Å²) in [6.07, 6.45) is 0.620. The third-order valence-electron chi connectivity index (χ3n) is 3.20. The Morgan fingerprint density at radius 3 is 2.21 bits per heavy atom. The number of nitrogens with zero attached hydrogens (tertiary/aromatic N) is 1. The van der Waals surface area contributed by atoms with Gasteiger partial charge < -0.3 is 9.84 Å². The zero-order chi connectivity index (χ0) is 17.5. The molecule has 0 spiro atoms. The smallest absolute Gasteiger partial charge is 0.387 e. The monoisotopic (exact) mass is 334 g/mol. The van der Waals surface area contributed by atoms with Crippen LogP contribution in [0.1, 0.15) is 29.3 Å². The lowest BCUT2D eigenvalue weighted by Crippen LogP contribution is -2.05. The average Bonchev–Trinajstić information content (AvgIpc) is 2.56. The first-order valence-corrected chi connectivity index (χ1v) is 7.20. The number of anilines is 1. The van der Waals surface area contributed by atoms with E-state index in [1.165, 1.54) is 24.3 Å². The molecule has 0 radical (unpaired) electrons. The second-order valence-electron chi connectivity index (χ2n) is 4.81. The number of benzene rings is 2. The molecule has 0 bridgehead atoms. The van der Waals surface area contributed by atoms with Crippen LogP contribution in [-0.2, 0) is 0 Å². The Hall–Kier alpha value is -2.96. The van der Waals surface area contributed by atoms with Crippen LogP contribution in [0.2, 0.25) is 0 Å². The maximum absolute atomic E-state index is 12.1. The Labute approximate surface area is 137 Å². The summed E-state index contributed by atoms with van der Waals surface area (Å²) < 4.78 is 28.6. The second-order valence-corrected chi connectivity index (χ2v) is 4.81. The van der Waals surface area contributed by atoms with E-state index in [1.54, 1.807) is 24.3 Å². The lowest BCUT2D eigenvalue weighted by atomic mass is 10.1. The summed E-state index contributed by atoms with van der Waals surface area (Å²) >= 11 is 0. The summed E-state index contributed by atoms with van der Waals surface area (Å²) in [5.74, 6) is -0.910. The van der Waals surface area contributed by atoms with Crippen LogP contribution in [0.3, 0.4) is 0 Å². The molecule has 24 heavy (non-hydrogen) atoms. The van der Waals surface area contributed by atoms with Gasteiger partial charge in [-0.2, -0.15) is 13.9 Å². The number of aromatic carboxylic acids is 1. The van der Waals surface area contributed by atoms with E-state index in [0.717, 1.165) is 11.3 Å². The molecule has 2 aromatic rings. The molecule has 0 unspecified atom stereocenters. The molecule has 126 valence electrons. The minimum atomic E-state index is -2.86. The van der Waals surface area contributed by atoms with Gasteiger partial charge in [0, 0.05) is 0 Å². The Morgan fingerprint density at radius 1 is 1.12 bits per heavy atom. The molecule has 2 N–H and O–H groups in total. The third kappa shape index (κ3) is 4.77. The highest BCUT2D eigenvalue weighted by Gasteiger charge is 2.06. The molecule has 2 aromatic carbocycles. The van der Waals surface area contributed by atoms with Crippen molar-refractivity contribution in [2.24, 2.45) is 5.10 Å². The van der Waals surface area contributed by atoms with E-state index in [0.29, 0.717) is 12.1 Å². The zero-order valence-corrected chi connectivity index (χ0v) is 12.9. The molecule has 0 aliphatic heterocycles. The molecular formula is C17H16F2N2O3. The SMILES string of the molecule is CC/C(=N\Nc1ccc(C(=O)O)cc1)c1ccc(OC(F)F)cc1. The summed E-state index contributed by atoms with van der Waals surface area (Å²) in [7, 11) is 0. The van der Waals surface area contributed by atoms with Gasteiger partial charge in [-0.15, -0.1) is 0 Å². The van der Waals surface area contributed by atoms with Gasteiger partial charge in [0.2, 0.25) is 0 Å². The third-order valence-corrected chi connectivity index (χ3v) is 3.20. The standard InChI is InChI=1S/C17H16F2N2O3/c1-2-15(11-5-9-14(10-6-11)24-17(18)19)21-20-13-7-3-12(4-8-13)16(22)23/h3-10,17,20H,2H2,1H3,(H,22,23)/b21-15+. The number of hydrogen-bond acceptors (Lipinski definition) is 4. The van der Waals surface area contributed by atoms with Crippen LogP contribution in [0.5, 0.6) is 5.75 Å². The molecule has 7 heteroatoms. The molecule has 0 amide bonds. The van der Waals surface area contributed by atoms with Crippen molar-refractivity contribution in [3.05, 3.63) is 59.7 Å². The summed E-state index contributed by atoms with van der Waals surface area (Å²) in [6.45, 7) is -0.942. The van der Waals surface area contributed by atoms with Crippen LogP contribution >= 0.6 is 0 Å². The van der Waals surface area contributed by atoms with Crippen LogP contribution < -0.4 is 10.2 Å². The van der Waals surface area contributed by atoms with Gasteiger partial charge in [0.1, 0.15) is 5.75 Å². The van der Waals surface area contributed by atoms with Gasteiger partial charge in [0.15, 0.2) is 0 Å². The van der Waals surface area contributed by atoms with Gasteiger partial charge in [-0.25, -0.2) is 4.79 Å². The van der Waals surface area contributed by atoms with Crippen molar-refractivity contribution in [1.82, 2.24) is 0 Å². The summed E-state index contributed by atoms with van der Waals surface area (Å²) in [5, 5.41) is 13.1. The van der Waals surface area contributed by atoms with Crippen LogP contribution in [0.4, 0.5) is 14.5 Å². The Kier molecular flexibility index (Phi) is 5.83. The fourth-order valence-electron chi connectivity index (χ4n) is 2.00. The van der Waals surface area contributed by atoms with E-state index >= 15 is 0 Å². The van der Waals surface area contributed by atoms with Crippen LogP contribution in [0.25, 0.3) is 0 Å². The van der Waals surface area contributed by atoms with E-state index in [4.69, 9.17) is 5.11 Å². The number of hydrazone groups is 1. The molecule has 2 rings (SSSR count). The molecule has 0 saturated carbocycles. The highest BCUT2D eigenvalue weighted by molar-refractivity contribution is 6.00. The van der Waals surface area contributed by atoms with Crippen LogP contribution in [0.15, 0.2) is 53.6 Å². The first-order chi connectivity index (χ1) is 11.5. The normalized spacial score (nSPS) is 11.4. The number of halogens is 2. The predicted octanol–water partition coefficient (Wildman–Crippen LogP) is 4.21. The van der Waals surface area contributed by atoms with E-state index in [9.17, 15) is 13.6 Å². The van der Waals surface area contributed by atoms with Gasteiger partial charge in [-0.05, 0) is 60.5 Å². The molecular weight excluding hydrogens is 318 g/mol. The van der Waals surface area contributed by atoms with Crippen molar-refractivity contribution < 1.29 is 23.4 Å². The van der Waals surface area contributed by atoms with E-state index < -0.39 is 12.6 Å². The van der Waals surface area contributed by atoms with Gasteiger partial charge in [-0.3, -0.25) is 5.43 Å². The van der Waals surface area contributed by atoms with Crippen molar-refractivity contribution in [3.8, 4) is 5.75 Å². The zero-order valence-electron chi connectivity index (χ0n) is 12.9.